The summed E-state index contributed by atoms with van der Waals surface area (Å²) in [4.78, 5) is 0. The van der Waals surface area contributed by atoms with Crippen molar-refractivity contribution in [2.75, 3.05) is 24.7 Å². The number of aromatic nitrogens is 6. The molecule has 5 rings (SSSR count). The Morgan fingerprint density at radius 3 is 1.63 bits per heavy atom. The highest BCUT2D eigenvalue weighted by molar-refractivity contribution is 5.51. The zero-order chi connectivity index (χ0) is 30.0. The van der Waals surface area contributed by atoms with Gasteiger partial charge >= 0.3 is 11.9 Å². The van der Waals surface area contributed by atoms with Crippen LogP contribution in [0.2, 0.25) is 0 Å². The van der Waals surface area contributed by atoms with E-state index < -0.39 is 0 Å². The van der Waals surface area contributed by atoms with E-state index in [2.05, 4.69) is 80.5 Å². The minimum Gasteiger partial charge on any atom is -0.388 e. The van der Waals surface area contributed by atoms with Gasteiger partial charge in [0.1, 0.15) is 23.8 Å². The third-order valence-corrected chi connectivity index (χ3v) is 7.28. The molecule has 0 atom stereocenters. The Morgan fingerprint density at radius 1 is 0.605 bits per heavy atom. The molecule has 0 unspecified atom stereocenters. The summed E-state index contributed by atoms with van der Waals surface area (Å²) >= 11 is 0. The van der Waals surface area contributed by atoms with Crippen molar-refractivity contribution in [1.82, 2.24) is 13.7 Å². The molecule has 12 nitrogen and oxygen atoms in total. The van der Waals surface area contributed by atoms with E-state index in [0.717, 1.165) is 73.7 Å². The topological polar surface area (TPSA) is 99.9 Å². The van der Waals surface area contributed by atoms with Crippen LogP contribution in [0.25, 0.3) is 0 Å². The summed E-state index contributed by atoms with van der Waals surface area (Å²) in [7, 11) is 7.79. The first kappa shape index (κ1) is 29.4. The molecule has 0 fully saturated rings. The minimum absolute atomic E-state index is 0.823. The summed E-state index contributed by atoms with van der Waals surface area (Å²) in [6.45, 7) is 3.55. The molecule has 222 valence electrons. The maximum Gasteiger partial charge on any atom is 0.421 e. The maximum absolute atomic E-state index is 4.52. The van der Waals surface area contributed by atoms with Gasteiger partial charge in [0.05, 0.1) is 65.1 Å². The number of imidazole rings is 3. The molecule has 3 heterocycles. The average Bonchev–Trinajstić information content (AvgIpc) is 3.74. The van der Waals surface area contributed by atoms with E-state index in [1.165, 1.54) is 0 Å². The largest absolute Gasteiger partial charge is 0.421 e. The molecular weight excluding hydrogens is 540 g/mol. The second kappa shape index (κ2) is 14.2. The van der Waals surface area contributed by atoms with E-state index in [0.29, 0.717) is 0 Å². The summed E-state index contributed by atoms with van der Waals surface area (Å²) in [5.74, 6) is 1.65. The van der Waals surface area contributed by atoms with Crippen LogP contribution in [0, 0.1) is 0 Å². The van der Waals surface area contributed by atoms with Crippen molar-refractivity contribution < 1.29 is 13.7 Å². The van der Waals surface area contributed by atoms with Crippen molar-refractivity contribution in [2.45, 2.75) is 39.0 Å². The smallest absolute Gasteiger partial charge is 0.388 e. The van der Waals surface area contributed by atoms with Crippen LogP contribution in [0.5, 0.6) is 0 Å². The van der Waals surface area contributed by atoms with Crippen LogP contribution in [-0.4, -0.2) is 27.8 Å². The summed E-state index contributed by atoms with van der Waals surface area (Å²) in [5.41, 5.74) is 3.75. The molecule has 2 aromatic carbocycles. The van der Waals surface area contributed by atoms with E-state index in [9.17, 15) is 0 Å². The van der Waals surface area contributed by atoms with Crippen LogP contribution in [-0.2, 0) is 40.3 Å². The third kappa shape index (κ3) is 7.79. The Morgan fingerprint density at radius 2 is 1.12 bits per heavy atom. The lowest BCUT2D eigenvalue weighted by atomic mass is 10.3. The Labute approximate surface area is 252 Å². The third-order valence-electron chi connectivity index (χ3n) is 7.28. The molecule has 0 aliphatic heterocycles. The lowest BCUT2D eigenvalue weighted by molar-refractivity contribution is -0.697. The van der Waals surface area contributed by atoms with Crippen molar-refractivity contribution in [3.8, 4) is 0 Å². The Kier molecular flexibility index (Phi) is 9.67. The molecular formula is C31H41N12+3. The molecule has 43 heavy (non-hydrogen) atoms. The molecule has 0 saturated heterocycles. The minimum atomic E-state index is 0.823. The van der Waals surface area contributed by atoms with E-state index in [4.69, 9.17) is 0 Å². The first-order valence-electron chi connectivity index (χ1n) is 14.6. The van der Waals surface area contributed by atoms with E-state index in [-0.39, 0.29) is 0 Å². The molecule has 0 aliphatic rings. The van der Waals surface area contributed by atoms with Gasteiger partial charge in [0.2, 0.25) is 6.33 Å². The SMILES string of the molecule is CNc1ccc(N=Nc2n(CCCn3cc[n+](CCCn4cc[n+](C)c4N=Nc4ccc(NC)cc4)c3)cc[n+]2C)cc1. The normalized spacial score (nSPS) is 11.6. The number of hydrogen-bond donors (Lipinski definition) is 2. The van der Waals surface area contributed by atoms with Gasteiger partial charge in [-0.1, -0.05) is 10.2 Å². The number of nitrogens with zero attached hydrogens (tertiary/aromatic N) is 10. The molecule has 0 aliphatic carbocycles. The molecule has 0 amide bonds. The van der Waals surface area contributed by atoms with Crippen LogP contribution in [0.15, 0.2) is 112 Å². The second-order valence-electron chi connectivity index (χ2n) is 10.4. The fourth-order valence-electron chi connectivity index (χ4n) is 4.78. The van der Waals surface area contributed by atoms with Crippen LogP contribution >= 0.6 is 0 Å². The summed E-state index contributed by atoms with van der Waals surface area (Å²) in [5, 5.41) is 24.1. The second-order valence-corrected chi connectivity index (χ2v) is 10.4. The van der Waals surface area contributed by atoms with Gasteiger partial charge in [0.15, 0.2) is 0 Å². The van der Waals surface area contributed by atoms with E-state index in [1.54, 1.807) is 0 Å². The Hall–Kier alpha value is -5.13. The van der Waals surface area contributed by atoms with Crippen LogP contribution in [0.4, 0.5) is 34.6 Å². The van der Waals surface area contributed by atoms with Crippen LogP contribution in [0.3, 0.4) is 0 Å². The van der Waals surface area contributed by atoms with Gasteiger partial charge in [-0.25, -0.2) is 27.4 Å². The predicted molar refractivity (Wildman–Crippen MR) is 165 cm³/mol. The highest BCUT2D eigenvalue weighted by Crippen LogP contribution is 2.20. The highest BCUT2D eigenvalue weighted by atomic mass is 15.3. The van der Waals surface area contributed by atoms with Gasteiger partial charge in [-0.2, -0.15) is 0 Å². The van der Waals surface area contributed by atoms with Gasteiger partial charge in [0.25, 0.3) is 0 Å². The Balaban J connectivity index is 1.10. The zero-order valence-corrected chi connectivity index (χ0v) is 25.4. The molecule has 3 aromatic heterocycles. The average molecular weight is 582 g/mol. The fraction of sp³-hybridized carbons (Fsp3) is 0.323. The maximum atomic E-state index is 4.52. The van der Waals surface area contributed by atoms with Crippen molar-refractivity contribution in [2.24, 2.45) is 34.6 Å². The van der Waals surface area contributed by atoms with Gasteiger partial charge < -0.3 is 10.6 Å². The van der Waals surface area contributed by atoms with Gasteiger partial charge in [-0.15, -0.1) is 0 Å². The molecule has 12 heteroatoms. The number of nitrogens with one attached hydrogen (secondary N) is 2. The van der Waals surface area contributed by atoms with Gasteiger partial charge in [-0.3, -0.25) is 0 Å². The number of azo groups is 2. The van der Waals surface area contributed by atoms with Crippen LogP contribution in [0.1, 0.15) is 12.8 Å². The van der Waals surface area contributed by atoms with Crippen LogP contribution < -0.4 is 24.3 Å². The summed E-state index contributed by atoms with van der Waals surface area (Å²) < 4.78 is 12.8. The molecule has 0 saturated carbocycles. The van der Waals surface area contributed by atoms with E-state index >= 15 is 0 Å². The number of benzene rings is 2. The first-order valence-corrected chi connectivity index (χ1v) is 14.6. The van der Waals surface area contributed by atoms with Crippen molar-refractivity contribution in [3.05, 3.63) is 92.0 Å². The van der Waals surface area contributed by atoms with Gasteiger partial charge in [0, 0.05) is 48.5 Å². The summed E-state index contributed by atoms with van der Waals surface area (Å²) in [6, 6.07) is 15.8. The van der Waals surface area contributed by atoms with Crippen molar-refractivity contribution in [1.29, 1.82) is 0 Å². The van der Waals surface area contributed by atoms with Crippen molar-refractivity contribution in [3.63, 3.8) is 0 Å². The standard InChI is InChI=1S/C31H39N12/c1-32-26-7-11-28(12-8-26)34-36-30-38(3)19-23-42(30)17-5-15-40-21-22-41(25-40)16-6-18-43-24-20-39(4)31(43)37-35-29-13-9-27(33-2)10-14-29/h7-14,19-25H,5-6,15-18H2,1-4H3/q+1/p+2. The number of rotatable bonds is 14. The molecule has 0 spiro atoms. The quantitative estimate of drug-likeness (QED) is 0.141. The lowest BCUT2D eigenvalue weighted by Gasteiger charge is -2.00. The molecule has 0 bridgehead atoms. The molecule has 0 radical (unpaired) electrons. The van der Waals surface area contributed by atoms with Gasteiger partial charge in [-0.05, 0) is 48.5 Å². The molecule has 5 aromatic rings. The molecule has 2 N–H and O–H groups in total. The van der Waals surface area contributed by atoms with Crippen molar-refractivity contribution >= 4 is 34.6 Å². The Bertz CT molecular complexity index is 1530. The monoisotopic (exact) mass is 581 g/mol. The number of anilines is 2. The van der Waals surface area contributed by atoms with E-state index in [1.807, 2.05) is 98.2 Å². The fourth-order valence-corrected chi connectivity index (χ4v) is 4.78. The number of aryl methyl sites for hydroxylation is 6. The summed E-state index contributed by atoms with van der Waals surface area (Å²) in [6.07, 6.45) is 16.6. The number of hydrogen-bond acceptors (Lipinski definition) is 6. The lowest BCUT2D eigenvalue weighted by Crippen LogP contribution is -2.32. The first-order chi connectivity index (χ1) is 21.0. The zero-order valence-electron chi connectivity index (χ0n) is 25.4. The highest BCUT2D eigenvalue weighted by Gasteiger charge is 2.16. The predicted octanol–water partition coefficient (Wildman–Crippen LogP) is 5.12.